The summed E-state index contributed by atoms with van der Waals surface area (Å²) in [6, 6.07) is 4.86. The van der Waals surface area contributed by atoms with Crippen LogP contribution in [0.1, 0.15) is 11.7 Å². The summed E-state index contributed by atoms with van der Waals surface area (Å²) in [4.78, 5) is 0. The lowest BCUT2D eigenvalue weighted by Gasteiger charge is -2.12. The van der Waals surface area contributed by atoms with Crippen molar-refractivity contribution in [3.05, 3.63) is 29.8 Å². The molecule has 0 spiro atoms. The van der Waals surface area contributed by atoms with Crippen LogP contribution in [0.2, 0.25) is 0 Å². The van der Waals surface area contributed by atoms with Gasteiger partial charge in [-0.05, 0) is 17.7 Å². The van der Waals surface area contributed by atoms with Gasteiger partial charge >= 0.3 is 6.18 Å². The van der Waals surface area contributed by atoms with E-state index in [2.05, 4.69) is 4.74 Å². The van der Waals surface area contributed by atoms with Crippen LogP contribution >= 0.6 is 0 Å². The maximum atomic E-state index is 12.8. The van der Waals surface area contributed by atoms with Crippen molar-refractivity contribution in [3.63, 3.8) is 0 Å². The molecule has 1 aromatic carbocycles. The van der Waals surface area contributed by atoms with Gasteiger partial charge in [-0.3, -0.25) is 0 Å². The summed E-state index contributed by atoms with van der Waals surface area (Å²) >= 11 is 0. The van der Waals surface area contributed by atoms with Gasteiger partial charge in [-0.25, -0.2) is 4.39 Å². The molecule has 0 aliphatic rings. The zero-order valence-corrected chi connectivity index (χ0v) is 7.31. The predicted molar refractivity (Wildman–Crippen MR) is 42.9 cm³/mol. The van der Waals surface area contributed by atoms with Crippen molar-refractivity contribution in [2.45, 2.75) is 12.3 Å². The van der Waals surface area contributed by atoms with Crippen LogP contribution in [0, 0.1) is 0 Å². The van der Waals surface area contributed by atoms with Crippen molar-refractivity contribution in [2.75, 3.05) is 7.11 Å². The predicted octanol–water partition coefficient (Wildman–Crippen LogP) is 3.27. The zero-order chi connectivity index (χ0) is 10.8. The number of rotatable bonds is 2. The molecule has 5 heteroatoms. The first-order valence-electron chi connectivity index (χ1n) is 3.80. The number of hydrogen-bond donors (Lipinski definition) is 0. The Morgan fingerprint density at radius 3 is 2.43 bits per heavy atom. The van der Waals surface area contributed by atoms with E-state index in [1.165, 1.54) is 19.2 Å². The minimum absolute atomic E-state index is 0.203. The van der Waals surface area contributed by atoms with Gasteiger partial charge in [-0.2, -0.15) is 13.2 Å². The van der Waals surface area contributed by atoms with E-state index in [4.69, 9.17) is 0 Å². The summed E-state index contributed by atoms with van der Waals surface area (Å²) in [5.41, 5.74) is -0.447. The quantitative estimate of drug-likeness (QED) is 0.678. The summed E-state index contributed by atoms with van der Waals surface area (Å²) in [7, 11) is 1.31. The first-order valence-corrected chi connectivity index (χ1v) is 3.80. The lowest BCUT2D eigenvalue weighted by Crippen LogP contribution is -2.16. The molecule has 0 aromatic heterocycles. The van der Waals surface area contributed by atoms with E-state index in [0.717, 1.165) is 12.1 Å². The fraction of sp³-hybridized carbons (Fsp3) is 0.333. The van der Waals surface area contributed by atoms with Crippen LogP contribution in [0.3, 0.4) is 0 Å². The Hall–Kier alpha value is -1.26. The van der Waals surface area contributed by atoms with E-state index in [0.29, 0.717) is 0 Å². The highest BCUT2D eigenvalue weighted by Gasteiger charge is 2.41. The second kappa shape index (κ2) is 3.86. The first kappa shape index (κ1) is 10.8. The highest BCUT2D eigenvalue weighted by atomic mass is 19.4. The van der Waals surface area contributed by atoms with Crippen LogP contribution < -0.4 is 4.74 Å². The summed E-state index contributed by atoms with van der Waals surface area (Å²) in [6.07, 6.45) is -7.83. The number of hydrogen-bond acceptors (Lipinski definition) is 1. The zero-order valence-electron chi connectivity index (χ0n) is 7.31. The third kappa shape index (κ3) is 2.37. The van der Waals surface area contributed by atoms with E-state index in [1.54, 1.807) is 0 Å². The number of benzene rings is 1. The topological polar surface area (TPSA) is 9.23 Å². The largest absolute Gasteiger partial charge is 0.497 e. The van der Waals surface area contributed by atoms with Gasteiger partial charge in [0.2, 0.25) is 6.17 Å². The van der Waals surface area contributed by atoms with Crippen LogP contribution in [0.25, 0.3) is 0 Å². The average molecular weight is 208 g/mol. The molecule has 1 aromatic rings. The van der Waals surface area contributed by atoms with Crippen LogP contribution in [0.15, 0.2) is 24.3 Å². The van der Waals surface area contributed by atoms with Gasteiger partial charge in [0.05, 0.1) is 7.11 Å². The SMILES string of the molecule is COc1cccc(C(F)C(F)(F)F)c1. The second-order valence-electron chi connectivity index (χ2n) is 2.68. The highest BCUT2D eigenvalue weighted by Crippen LogP contribution is 2.36. The number of halogens is 4. The molecule has 0 heterocycles. The summed E-state index contributed by atoms with van der Waals surface area (Å²) in [5, 5.41) is 0. The molecule has 0 saturated heterocycles. The molecule has 0 radical (unpaired) electrons. The molecule has 1 nitrogen and oxygen atoms in total. The molecule has 1 unspecified atom stereocenters. The molecule has 0 aliphatic carbocycles. The van der Waals surface area contributed by atoms with Crippen LogP contribution in [-0.4, -0.2) is 13.3 Å². The van der Waals surface area contributed by atoms with Crippen molar-refractivity contribution >= 4 is 0 Å². The maximum absolute atomic E-state index is 12.8. The van der Waals surface area contributed by atoms with Crippen LogP contribution in [0.5, 0.6) is 5.75 Å². The summed E-state index contributed by atoms with van der Waals surface area (Å²) in [6.45, 7) is 0. The summed E-state index contributed by atoms with van der Waals surface area (Å²) in [5.74, 6) is 0.203. The van der Waals surface area contributed by atoms with Gasteiger partial charge in [0.15, 0.2) is 0 Å². The lowest BCUT2D eigenvalue weighted by molar-refractivity contribution is -0.182. The van der Waals surface area contributed by atoms with Crippen molar-refractivity contribution in [2.24, 2.45) is 0 Å². The minimum Gasteiger partial charge on any atom is -0.497 e. The van der Waals surface area contributed by atoms with E-state index in [-0.39, 0.29) is 5.75 Å². The molecule has 78 valence electrons. The van der Waals surface area contributed by atoms with E-state index < -0.39 is 17.9 Å². The molecule has 0 bridgehead atoms. The Morgan fingerprint density at radius 2 is 1.93 bits per heavy atom. The van der Waals surface area contributed by atoms with Gasteiger partial charge in [0.25, 0.3) is 0 Å². The molecule has 1 atom stereocenters. The van der Waals surface area contributed by atoms with Crippen molar-refractivity contribution < 1.29 is 22.3 Å². The number of ether oxygens (including phenoxy) is 1. The van der Waals surface area contributed by atoms with Gasteiger partial charge in [-0.15, -0.1) is 0 Å². The number of alkyl halides is 4. The fourth-order valence-corrected chi connectivity index (χ4v) is 0.988. The highest BCUT2D eigenvalue weighted by molar-refractivity contribution is 5.30. The van der Waals surface area contributed by atoms with Gasteiger partial charge in [0, 0.05) is 0 Å². The molecule has 0 N–H and O–H groups in total. The van der Waals surface area contributed by atoms with E-state index in [1.807, 2.05) is 0 Å². The standard InChI is InChI=1S/C9H8F4O/c1-14-7-4-2-3-6(5-7)8(10)9(11,12)13/h2-5,8H,1H3. The Morgan fingerprint density at radius 1 is 1.29 bits per heavy atom. The normalized spacial score (nSPS) is 13.8. The monoisotopic (exact) mass is 208 g/mol. The molecule has 14 heavy (non-hydrogen) atoms. The third-order valence-corrected chi connectivity index (χ3v) is 1.67. The van der Waals surface area contributed by atoms with E-state index in [9.17, 15) is 17.6 Å². The van der Waals surface area contributed by atoms with Crippen molar-refractivity contribution in [1.29, 1.82) is 0 Å². The molecular formula is C9H8F4O. The Balaban J connectivity index is 2.95. The Labute approximate surface area is 78.3 Å². The Bertz CT molecular complexity index is 308. The smallest absolute Gasteiger partial charge is 0.423 e. The second-order valence-corrected chi connectivity index (χ2v) is 2.68. The van der Waals surface area contributed by atoms with Crippen LogP contribution in [-0.2, 0) is 0 Å². The first-order chi connectivity index (χ1) is 6.45. The van der Waals surface area contributed by atoms with Crippen molar-refractivity contribution in [1.82, 2.24) is 0 Å². The molecule has 0 aliphatic heterocycles. The van der Waals surface area contributed by atoms with Gasteiger partial charge in [-0.1, -0.05) is 12.1 Å². The number of methoxy groups -OCH3 is 1. The maximum Gasteiger partial charge on any atom is 0.423 e. The average Bonchev–Trinajstić information content (AvgIpc) is 2.15. The molecule has 1 rings (SSSR count). The van der Waals surface area contributed by atoms with Gasteiger partial charge < -0.3 is 4.74 Å². The summed E-state index contributed by atoms with van der Waals surface area (Å²) < 4.78 is 53.3. The fourth-order valence-electron chi connectivity index (χ4n) is 0.988. The molecule has 0 saturated carbocycles. The van der Waals surface area contributed by atoms with E-state index >= 15 is 0 Å². The Kier molecular flexibility index (Phi) is 2.98. The van der Waals surface area contributed by atoms with Crippen molar-refractivity contribution in [3.8, 4) is 5.75 Å². The minimum atomic E-state index is -4.87. The van der Waals surface area contributed by atoms with Gasteiger partial charge in [0.1, 0.15) is 5.75 Å². The molecule has 0 fully saturated rings. The third-order valence-electron chi connectivity index (χ3n) is 1.67. The lowest BCUT2D eigenvalue weighted by atomic mass is 10.1. The van der Waals surface area contributed by atoms with Crippen LogP contribution in [0.4, 0.5) is 17.6 Å². The molecular weight excluding hydrogens is 200 g/mol. The molecule has 0 amide bonds.